The number of hydrogen-bond acceptors (Lipinski definition) is 1. The molecule has 0 unspecified atom stereocenters. The van der Waals surface area contributed by atoms with Crippen LogP contribution in [0.5, 0.6) is 0 Å². The highest BCUT2D eigenvalue weighted by molar-refractivity contribution is 6.07. The molecule has 0 fully saturated rings. The summed E-state index contributed by atoms with van der Waals surface area (Å²) < 4.78 is 0. The van der Waals surface area contributed by atoms with E-state index in [9.17, 15) is 0 Å². The Morgan fingerprint density at radius 3 is 1.49 bits per heavy atom. The summed E-state index contributed by atoms with van der Waals surface area (Å²) in [6.45, 7) is 16.3. The molecule has 0 heterocycles. The summed E-state index contributed by atoms with van der Waals surface area (Å²) in [7, 11) is 0. The predicted octanol–water partition coefficient (Wildman–Crippen LogP) is 18.9. The Morgan fingerprint density at radius 1 is 0.333 bits per heavy atom. The normalized spacial score (nSPS) is 14.0. The topological polar surface area (TPSA) is 3.24 Å². The molecule has 2 aliphatic rings. The van der Waals surface area contributed by atoms with Gasteiger partial charge in [0.2, 0.25) is 0 Å². The maximum atomic E-state index is 2.55. The van der Waals surface area contributed by atoms with Crippen molar-refractivity contribution in [1.82, 2.24) is 0 Å². The zero-order chi connectivity index (χ0) is 47.2. The molecule has 10 aromatic rings. The maximum Gasteiger partial charge on any atom is 0.0546 e. The van der Waals surface area contributed by atoms with Crippen molar-refractivity contribution in [3.8, 4) is 66.8 Å². The van der Waals surface area contributed by atoms with Crippen LogP contribution < -0.4 is 4.90 Å². The zero-order valence-electron chi connectivity index (χ0n) is 40.7. The average Bonchev–Trinajstić information content (AvgIpc) is 3.75. The van der Waals surface area contributed by atoms with Gasteiger partial charge in [0.1, 0.15) is 0 Å². The standard InChI is InChI=1S/C68H57N/c1-66(2,3)51-34-29-45(30-35-51)49-33-39-63(58(41-49)46-17-9-8-10-18-46)69(52-36-38-57-55-22-14-16-24-60(55)68(6,7)62(57)43-52)64-40-32-47-19-11-12-20-53(47)65(64)48-27-25-44(26-28-48)50-31-37-56-54-21-13-15-23-59(54)67(4,5)61(56)42-50/h8-43H,1-7H3. The molecule has 12 rings (SSSR count). The second-order valence-corrected chi connectivity index (χ2v) is 21.4. The van der Waals surface area contributed by atoms with Crippen LogP contribution in [-0.2, 0) is 16.2 Å². The molecule has 0 saturated heterocycles. The number of benzene rings is 10. The molecule has 1 nitrogen and oxygen atoms in total. The van der Waals surface area contributed by atoms with Crippen molar-refractivity contribution >= 4 is 27.8 Å². The zero-order valence-corrected chi connectivity index (χ0v) is 40.7. The van der Waals surface area contributed by atoms with E-state index in [0.29, 0.717) is 0 Å². The van der Waals surface area contributed by atoms with Gasteiger partial charge in [-0.05, 0) is 136 Å². The minimum absolute atomic E-state index is 0.0631. The molecule has 0 spiro atoms. The monoisotopic (exact) mass is 887 g/mol. The second-order valence-electron chi connectivity index (χ2n) is 21.4. The molecule has 334 valence electrons. The molecule has 0 radical (unpaired) electrons. The van der Waals surface area contributed by atoms with Crippen LogP contribution in [-0.4, -0.2) is 0 Å². The van der Waals surface area contributed by atoms with Crippen LogP contribution >= 0.6 is 0 Å². The van der Waals surface area contributed by atoms with Gasteiger partial charge in [-0.25, -0.2) is 0 Å². The van der Waals surface area contributed by atoms with Crippen molar-refractivity contribution in [1.29, 1.82) is 0 Å². The molecule has 0 amide bonds. The number of fused-ring (bicyclic) bond motifs is 7. The summed E-state index contributed by atoms with van der Waals surface area (Å²) in [5, 5.41) is 2.43. The van der Waals surface area contributed by atoms with Gasteiger partial charge in [0.05, 0.1) is 11.4 Å². The van der Waals surface area contributed by atoms with Gasteiger partial charge in [0.25, 0.3) is 0 Å². The van der Waals surface area contributed by atoms with E-state index in [1.54, 1.807) is 0 Å². The molecular weight excluding hydrogens is 831 g/mol. The summed E-state index contributed by atoms with van der Waals surface area (Å²) in [5.41, 5.74) is 25.0. The molecule has 0 aromatic heterocycles. The molecular formula is C68H57N. The fourth-order valence-electron chi connectivity index (χ4n) is 11.6. The van der Waals surface area contributed by atoms with Gasteiger partial charge < -0.3 is 4.90 Å². The summed E-state index contributed by atoms with van der Waals surface area (Å²) >= 11 is 0. The second kappa shape index (κ2) is 15.9. The Kier molecular flexibility index (Phi) is 9.84. The van der Waals surface area contributed by atoms with Gasteiger partial charge >= 0.3 is 0 Å². The van der Waals surface area contributed by atoms with E-state index in [1.807, 2.05) is 0 Å². The molecule has 1 heteroatoms. The first-order valence-electron chi connectivity index (χ1n) is 24.6. The molecule has 69 heavy (non-hydrogen) atoms. The summed E-state index contributed by atoms with van der Waals surface area (Å²) in [6, 6.07) is 82.2. The number of hydrogen-bond donors (Lipinski definition) is 0. The SMILES string of the molecule is CC(C)(C)c1ccc(-c2ccc(N(c3ccc4c(c3)C(C)(C)c3ccccc3-4)c3ccc4ccccc4c3-c3ccc(-c4ccc5c(c4)C(C)(C)c4ccccc4-5)cc3)c(-c3ccccc3)c2)cc1. The van der Waals surface area contributed by atoms with Crippen molar-refractivity contribution in [2.75, 3.05) is 4.90 Å². The minimum atomic E-state index is -0.170. The highest BCUT2D eigenvalue weighted by Gasteiger charge is 2.37. The van der Waals surface area contributed by atoms with Gasteiger partial charge in [0.15, 0.2) is 0 Å². The third-order valence-corrected chi connectivity index (χ3v) is 15.5. The first kappa shape index (κ1) is 42.6. The van der Waals surface area contributed by atoms with Gasteiger partial charge in [-0.2, -0.15) is 0 Å². The van der Waals surface area contributed by atoms with E-state index in [1.165, 1.54) is 105 Å². The quantitative estimate of drug-likeness (QED) is 0.154. The highest BCUT2D eigenvalue weighted by Crippen LogP contribution is 2.54. The van der Waals surface area contributed by atoms with Gasteiger partial charge in [-0.15, -0.1) is 0 Å². The molecule has 0 saturated carbocycles. The molecule has 0 bridgehead atoms. The Hall–Kier alpha value is -7.74. The van der Waals surface area contributed by atoms with Crippen molar-refractivity contribution in [3.63, 3.8) is 0 Å². The Morgan fingerprint density at radius 2 is 0.826 bits per heavy atom. The predicted molar refractivity (Wildman–Crippen MR) is 294 cm³/mol. The van der Waals surface area contributed by atoms with E-state index < -0.39 is 0 Å². The van der Waals surface area contributed by atoms with Crippen molar-refractivity contribution < 1.29 is 0 Å². The van der Waals surface area contributed by atoms with E-state index in [2.05, 4.69) is 272 Å². The fourth-order valence-corrected chi connectivity index (χ4v) is 11.6. The number of nitrogens with zero attached hydrogens (tertiary/aromatic N) is 1. The van der Waals surface area contributed by atoms with Crippen LogP contribution in [0.3, 0.4) is 0 Å². The van der Waals surface area contributed by atoms with E-state index >= 15 is 0 Å². The molecule has 2 aliphatic carbocycles. The van der Waals surface area contributed by atoms with Crippen LogP contribution in [0.1, 0.15) is 76.3 Å². The van der Waals surface area contributed by atoms with Crippen molar-refractivity contribution in [2.45, 2.75) is 64.7 Å². The lowest BCUT2D eigenvalue weighted by molar-refractivity contribution is 0.590. The Labute approximate surface area is 408 Å². The summed E-state index contributed by atoms with van der Waals surface area (Å²) in [6.07, 6.45) is 0. The lowest BCUT2D eigenvalue weighted by Crippen LogP contribution is -2.17. The summed E-state index contributed by atoms with van der Waals surface area (Å²) in [5.74, 6) is 0. The van der Waals surface area contributed by atoms with Crippen LogP contribution in [0.25, 0.3) is 77.5 Å². The van der Waals surface area contributed by atoms with Gasteiger partial charge in [-0.3, -0.25) is 0 Å². The Bertz CT molecular complexity index is 3620. The first-order valence-corrected chi connectivity index (χ1v) is 24.6. The van der Waals surface area contributed by atoms with Gasteiger partial charge in [-0.1, -0.05) is 230 Å². The third kappa shape index (κ3) is 6.97. The first-order chi connectivity index (χ1) is 33.4. The average molecular weight is 888 g/mol. The molecule has 10 aromatic carbocycles. The van der Waals surface area contributed by atoms with E-state index in [0.717, 1.165) is 17.1 Å². The van der Waals surface area contributed by atoms with E-state index in [4.69, 9.17) is 0 Å². The van der Waals surface area contributed by atoms with Crippen molar-refractivity contribution in [2.24, 2.45) is 0 Å². The largest absolute Gasteiger partial charge is 0.309 e. The third-order valence-electron chi connectivity index (χ3n) is 15.5. The summed E-state index contributed by atoms with van der Waals surface area (Å²) in [4.78, 5) is 2.55. The Balaban J connectivity index is 1.06. The molecule has 0 atom stereocenters. The molecule has 0 aliphatic heterocycles. The maximum absolute atomic E-state index is 2.55. The van der Waals surface area contributed by atoms with Crippen LogP contribution in [0.2, 0.25) is 0 Å². The van der Waals surface area contributed by atoms with Crippen LogP contribution in [0.4, 0.5) is 17.1 Å². The molecule has 0 N–H and O–H groups in total. The lowest BCUT2D eigenvalue weighted by atomic mass is 9.81. The minimum Gasteiger partial charge on any atom is -0.309 e. The van der Waals surface area contributed by atoms with E-state index in [-0.39, 0.29) is 16.2 Å². The smallest absolute Gasteiger partial charge is 0.0546 e. The van der Waals surface area contributed by atoms with Gasteiger partial charge in [0, 0.05) is 27.6 Å². The number of anilines is 3. The van der Waals surface area contributed by atoms with Crippen LogP contribution in [0, 0.1) is 0 Å². The highest BCUT2D eigenvalue weighted by atomic mass is 15.1. The van der Waals surface area contributed by atoms with Crippen molar-refractivity contribution in [3.05, 3.63) is 246 Å². The lowest BCUT2D eigenvalue weighted by Gasteiger charge is -2.32. The number of rotatable bonds is 7. The van der Waals surface area contributed by atoms with Crippen LogP contribution in [0.15, 0.2) is 218 Å². The fraction of sp³-hybridized carbons (Fsp3) is 0.147.